The molecule has 98 valence electrons. The van der Waals surface area contributed by atoms with Crippen LogP contribution in [0.25, 0.3) is 0 Å². The molecule has 5 nitrogen and oxygen atoms in total. The SMILES string of the molecule is COC(=O)CCNc1cc(Cl)ccc1C(=O)OC. The zero-order chi connectivity index (χ0) is 13.5. The van der Waals surface area contributed by atoms with Crippen LogP contribution in [0.4, 0.5) is 5.69 Å². The number of hydrogen-bond acceptors (Lipinski definition) is 5. The Morgan fingerprint density at radius 2 is 2.00 bits per heavy atom. The van der Waals surface area contributed by atoms with Gasteiger partial charge in [0.25, 0.3) is 0 Å². The van der Waals surface area contributed by atoms with Crippen LogP contribution in [0.5, 0.6) is 0 Å². The van der Waals surface area contributed by atoms with Crippen LogP contribution in [0.15, 0.2) is 18.2 Å². The van der Waals surface area contributed by atoms with Crippen molar-refractivity contribution in [2.24, 2.45) is 0 Å². The van der Waals surface area contributed by atoms with Crippen LogP contribution < -0.4 is 5.32 Å². The molecule has 0 saturated heterocycles. The molecule has 0 aliphatic heterocycles. The minimum atomic E-state index is -0.466. The maximum Gasteiger partial charge on any atom is 0.339 e. The summed E-state index contributed by atoms with van der Waals surface area (Å²) in [5, 5.41) is 3.44. The van der Waals surface area contributed by atoms with E-state index in [2.05, 4.69) is 14.8 Å². The number of carbonyl (C=O) groups excluding carboxylic acids is 2. The van der Waals surface area contributed by atoms with Gasteiger partial charge in [0.2, 0.25) is 0 Å². The highest BCUT2D eigenvalue weighted by molar-refractivity contribution is 6.31. The molecule has 0 spiro atoms. The lowest BCUT2D eigenvalue weighted by Crippen LogP contribution is -2.12. The van der Waals surface area contributed by atoms with Crippen LogP contribution in [-0.4, -0.2) is 32.7 Å². The number of carbonyl (C=O) groups is 2. The van der Waals surface area contributed by atoms with Crippen LogP contribution in [0.2, 0.25) is 5.02 Å². The van der Waals surface area contributed by atoms with E-state index >= 15 is 0 Å². The summed E-state index contributed by atoms with van der Waals surface area (Å²) < 4.78 is 9.17. The van der Waals surface area contributed by atoms with Crippen molar-refractivity contribution in [1.82, 2.24) is 0 Å². The van der Waals surface area contributed by atoms with Gasteiger partial charge in [-0.2, -0.15) is 0 Å². The molecule has 1 aromatic rings. The van der Waals surface area contributed by atoms with Crippen LogP contribution in [0.1, 0.15) is 16.8 Å². The molecule has 6 heteroatoms. The molecule has 0 aliphatic rings. The van der Waals surface area contributed by atoms with Crippen LogP contribution in [0, 0.1) is 0 Å². The molecule has 1 N–H and O–H groups in total. The molecule has 0 aromatic heterocycles. The maximum atomic E-state index is 11.5. The van der Waals surface area contributed by atoms with E-state index in [1.165, 1.54) is 14.2 Å². The van der Waals surface area contributed by atoms with Gasteiger partial charge < -0.3 is 14.8 Å². The van der Waals surface area contributed by atoms with Gasteiger partial charge in [0.15, 0.2) is 0 Å². The average Bonchev–Trinajstić information content (AvgIpc) is 2.37. The second-order valence-corrected chi connectivity index (χ2v) is 3.87. The first-order chi connectivity index (χ1) is 8.58. The fourth-order valence-corrected chi connectivity index (χ4v) is 1.52. The molecule has 18 heavy (non-hydrogen) atoms. The van der Waals surface area contributed by atoms with Crippen molar-refractivity contribution in [3.63, 3.8) is 0 Å². The van der Waals surface area contributed by atoms with Gasteiger partial charge in [-0.3, -0.25) is 4.79 Å². The largest absolute Gasteiger partial charge is 0.469 e. The standard InChI is InChI=1S/C12H14ClNO4/c1-17-11(15)5-6-14-10-7-8(13)3-4-9(10)12(16)18-2/h3-4,7,14H,5-6H2,1-2H3. The van der Waals surface area contributed by atoms with Gasteiger partial charge in [-0.15, -0.1) is 0 Å². The predicted molar refractivity (Wildman–Crippen MR) is 67.9 cm³/mol. The van der Waals surface area contributed by atoms with Crippen molar-refractivity contribution in [2.75, 3.05) is 26.1 Å². The summed E-state index contributed by atoms with van der Waals surface area (Å²) >= 11 is 5.85. The first-order valence-electron chi connectivity index (χ1n) is 5.27. The normalized spacial score (nSPS) is 9.72. The lowest BCUT2D eigenvalue weighted by molar-refractivity contribution is -0.140. The summed E-state index contributed by atoms with van der Waals surface area (Å²) in [6, 6.07) is 4.76. The van der Waals surface area contributed by atoms with Gasteiger partial charge in [-0.05, 0) is 18.2 Å². The Kier molecular flexibility index (Phi) is 5.45. The second-order valence-electron chi connectivity index (χ2n) is 3.43. The molecule has 1 rings (SSSR count). The van der Waals surface area contributed by atoms with Gasteiger partial charge >= 0.3 is 11.9 Å². The molecule has 0 radical (unpaired) electrons. The third-order valence-corrected chi connectivity index (χ3v) is 2.49. The molecule has 0 saturated carbocycles. The smallest absolute Gasteiger partial charge is 0.339 e. The number of esters is 2. The lowest BCUT2D eigenvalue weighted by Gasteiger charge is -2.10. The number of rotatable bonds is 5. The first-order valence-corrected chi connectivity index (χ1v) is 5.65. The Bertz CT molecular complexity index is 448. The van der Waals surface area contributed by atoms with Crippen LogP contribution in [-0.2, 0) is 14.3 Å². The third kappa shape index (κ3) is 3.92. The minimum Gasteiger partial charge on any atom is -0.469 e. The van der Waals surface area contributed by atoms with E-state index in [0.717, 1.165) is 0 Å². The third-order valence-electron chi connectivity index (χ3n) is 2.26. The molecule has 0 aliphatic carbocycles. The molecule has 0 heterocycles. The van der Waals surface area contributed by atoms with E-state index in [0.29, 0.717) is 22.8 Å². The summed E-state index contributed by atoms with van der Waals surface area (Å²) in [6.07, 6.45) is 0.198. The highest BCUT2D eigenvalue weighted by Gasteiger charge is 2.12. The highest BCUT2D eigenvalue weighted by atomic mass is 35.5. The Hall–Kier alpha value is -1.75. The van der Waals surface area contributed by atoms with Crippen molar-refractivity contribution >= 4 is 29.2 Å². The minimum absolute atomic E-state index is 0.198. The van der Waals surface area contributed by atoms with Crippen LogP contribution in [0.3, 0.4) is 0 Å². The monoisotopic (exact) mass is 271 g/mol. The number of methoxy groups -OCH3 is 2. The van der Waals surface area contributed by atoms with E-state index in [1.54, 1.807) is 18.2 Å². The molecule has 0 unspecified atom stereocenters. The Morgan fingerprint density at radius 1 is 1.28 bits per heavy atom. The van der Waals surface area contributed by atoms with Gasteiger partial charge in [0, 0.05) is 11.6 Å². The topological polar surface area (TPSA) is 64.6 Å². The average molecular weight is 272 g/mol. The van der Waals surface area contributed by atoms with E-state index in [-0.39, 0.29) is 12.4 Å². The van der Waals surface area contributed by atoms with E-state index in [1.807, 2.05) is 0 Å². The van der Waals surface area contributed by atoms with Crippen LogP contribution >= 0.6 is 11.6 Å². The number of anilines is 1. The molecular formula is C12H14ClNO4. The first kappa shape index (κ1) is 14.3. The molecule has 0 atom stereocenters. The molecular weight excluding hydrogens is 258 g/mol. The number of nitrogens with one attached hydrogen (secondary N) is 1. The summed E-state index contributed by atoms with van der Waals surface area (Å²) in [5.41, 5.74) is 0.894. The van der Waals surface area contributed by atoms with Crippen molar-refractivity contribution in [3.05, 3.63) is 28.8 Å². The molecule has 0 bridgehead atoms. The second kappa shape index (κ2) is 6.86. The van der Waals surface area contributed by atoms with E-state index < -0.39 is 5.97 Å². The quantitative estimate of drug-likeness (QED) is 0.831. The zero-order valence-electron chi connectivity index (χ0n) is 10.2. The molecule has 1 aromatic carbocycles. The van der Waals surface area contributed by atoms with Gasteiger partial charge in [-0.1, -0.05) is 11.6 Å². The van der Waals surface area contributed by atoms with Crippen molar-refractivity contribution < 1.29 is 19.1 Å². The predicted octanol–water partition coefficient (Wildman–Crippen LogP) is 2.10. The van der Waals surface area contributed by atoms with Gasteiger partial charge in [-0.25, -0.2) is 4.79 Å². The summed E-state index contributed by atoms with van der Waals surface area (Å²) in [5.74, 6) is -0.795. The number of ether oxygens (including phenoxy) is 2. The zero-order valence-corrected chi connectivity index (χ0v) is 10.9. The van der Waals surface area contributed by atoms with Crippen molar-refractivity contribution in [1.29, 1.82) is 0 Å². The number of benzene rings is 1. The summed E-state index contributed by atoms with van der Waals surface area (Å²) in [7, 11) is 2.62. The van der Waals surface area contributed by atoms with Gasteiger partial charge in [0.05, 0.1) is 31.9 Å². The molecule has 0 amide bonds. The fraction of sp³-hybridized carbons (Fsp3) is 0.333. The van der Waals surface area contributed by atoms with Crippen molar-refractivity contribution in [3.8, 4) is 0 Å². The Labute approximate surface area is 110 Å². The maximum absolute atomic E-state index is 11.5. The summed E-state index contributed by atoms with van der Waals surface area (Å²) in [4.78, 5) is 22.5. The molecule has 0 fully saturated rings. The fourth-order valence-electron chi connectivity index (χ4n) is 1.35. The Balaban J connectivity index is 2.76. The highest BCUT2D eigenvalue weighted by Crippen LogP contribution is 2.21. The number of hydrogen-bond donors (Lipinski definition) is 1. The summed E-state index contributed by atoms with van der Waals surface area (Å²) in [6.45, 7) is 0.344. The van der Waals surface area contributed by atoms with Crippen molar-refractivity contribution in [2.45, 2.75) is 6.42 Å². The lowest BCUT2D eigenvalue weighted by atomic mass is 10.1. The van der Waals surface area contributed by atoms with E-state index in [9.17, 15) is 9.59 Å². The van der Waals surface area contributed by atoms with Gasteiger partial charge in [0.1, 0.15) is 0 Å². The number of halogens is 1. The Morgan fingerprint density at radius 3 is 2.61 bits per heavy atom. The van der Waals surface area contributed by atoms with E-state index in [4.69, 9.17) is 11.6 Å².